The standard InChI is InChI=1S/2C16H18O2/c2*1-10-11(2)14(17)15(18)16(4,12(10)3)13-8-6-5-7-9-13/h2*5-9,12H,1-4H3. The number of Topliss-reactive ketones (excluding diaryl/α,β-unsaturated/α-hetero) is 4. The molecule has 0 fully saturated rings. The van der Waals surface area contributed by atoms with Crippen LogP contribution < -0.4 is 0 Å². The summed E-state index contributed by atoms with van der Waals surface area (Å²) in [6.07, 6.45) is 0. The molecule has 0 saturated carbocycles. The minimum Gasteiger partial charge on any atom is -0.289 e. The largest absolute Gasteiger partial charge is 0.289 e. The van der Waals surface area contributed by atoms with E-state index in [9.17, 15) is 19.2 Å². The molecule has 2 aromatic carbocycles. The molecule has 2 aliphatic rings. The molecule has 2 aromatic rings. The van der Waals surface area contributed by atoms with Crippen LogP contribution in [0.4, 0.5) is 0 Å². The Balaban J connectivity index is 0.000000201. The molecule has 0 saturated heterocycles. The number of carbonyl (C=O) groups is 4. The minimum absolute atomic E-state index is 0.0464. The first-order chi connectivity index (χ1) is 16.8. The van der Waals surface area contributed by atoms with Gasteiger partial charge in [0.05, 0.1) is 10.8 Å². The third kappa shape index (κ3) is 4.13. The highest BCUT2D eigenvalue weighted by Gasteiger charge is 2.49. The fraction of sp³-hybridized carbons (Fsp3) is 0.375. The van der Waals surface area contributed by atoms with Gasteiger partial charge in [0, 0.05) is 0 Å². The fourth-order valence-electron chi connectivity index (χ4n) is 5.41. The summed E-state index contributed by atoms with van der Waals surface area (Å²) in [6, 6.07) is 19.2. The maximum absolute atomic E-state index is 12.4. The van der Waals surface area contributed by atoms with Crippen molar-refractivity contribution in [3.05, 3.63) is 94.1 Å². The Labute approximate surface area is 214 Å². The summed E-state index contributed by atoms with van der Waals surface area (Å²) in [5, 5.41) is 0. The first kappa shape index (κ1) is 27.2. The molecule has 2 aliphatic carbocycles. The van der Waals surface area contributed by atoms with Crippen molar-refractivity contribution in [2.24, 2.45) is 11.8 Å². The van der Waals surface area contributed by atoms with E-state index in [1.165, 1.54) is 0 Å². The maximum Gasteiger partial charge on any atom is 0.225 e. The summed E-state index contributed by atoms with van der Waals surface area (Å²) >= 11 is 0. The van der Waals surface area contributed by atoms with E-state index >= 15 is 0 Å². The molecule has 0 aliphatic heterocycles. The molecule has 0 bridgehead atoms. The van der Waals surface area contributed by atoms with Gasteiger partial charge in [-0.2, -0.15) is 0 Å². The normalized spacial score (nSPS) is 28.8. The number of allylic oxidation sites excluding steroid dienone is 4. The monoisotopic (exact) mass is 484 g/mol. The molecule has 0 heterocycles. The van der Waals surface area contributed by atoms with E-state index in [1.54, 1.807) is 13.8 Å². The topological polar surface area (TPSA) is 68.3 Å². The second-order valence-electron chi connectivity index (χ2n) is 10.5. The van der Waals surface area contributed by atoms with Gasteiger partial charge in [-0.3, -0.25) is 19.2 Å². The first-order valence-electron chi connectivity index (χ1n) is 12.4. The molecule has 0 N–H and O–H groups in total. The molecule has 0 spiro atoms. The quantitative estimate of drug-likeness (QED) is 0.480. The third-order valence-electron chi connectivity index (χ3n) is 9.00. The van der Waals surface area contributed by atoms with Gasteiger partial charge in [-0.15, -0.1) is 0 Å². The van der Waals surface area contributed by atoms with Crippen molar-refractivity contribution in [2.75, 3.05) is 0 Å². The van der Waals surface area contributed by atoms with E-state index in [0.717, 1.165) is 22.3 Å². The lowest BCUT2D eigenvalue weighted by molar-refractivity contribution is -0.139. The highest BCUT2D eigenvalue weighted by atomic mass is 16.2. The van der Waals surface area contributed by atoms with Crippen LogP contribution in [-0.4, -0.2) is 23.1 Å². The van der Waals surface area contributed by atoms with Crippen molar-refractivity contribution in [3.8, 4) is 0 Å². The average Bonchev–Trinajstić information content (AvgIpc) is 2.92. The third-order valence-corrected chi connectivity index (χ3v) is 9.00. The van der Waals surface area contributed by atoms with Gasteiger partial charge in [0.2, 0.25) is 23.1 Å². The van der Waals surface area contributed by atoms with E-state index < -0.39 is 10.8 Å². The van der Waals surface area contributed by atoms with Crippen LogP contribution in [0.1, 0.15) is 66.5 Å². The van der Waals surface area contributed by atoms with Crippen LogP contribution in [0.2, 0.25) is 0 Å². The predicted octanol–water partition coefficient (Wildman–Crippen LogP) is 6.14. The van der Waals surface area contributed by atoms with Crippen molar-refractivity contribution in [1.29, 1.82) is 0 Å². The van der Waals surface area contributed by atoms with Crippen LogP contribution in [0.3, 0.4) is 0 Å². The number of rotatable bonds is 2. The van der Waals surface area contributed by atoms with Gasteiger partial charge in [0.15, 0.2) is 0 Å². The van der Waals surface area contributed by atoms with Crippen molar-refractivity contribution >= 4 is 23.1 Å². The van der Waals surface area contributed by atoms with Crippen LogP contribution in [0, 0.1) is 11.8 Å². The second kappa shape index (κ2) is 9.93. The average molecular weight is 485 g/mol. The number of carbonyl (C=O) groups excluding carboxylic acids is 4. The lowest BCUT2D eigenvalue weighted by Gasteiger charge is -2.39. The van der Waals surface area contributed by atoms with E-state index in [4.69, 9.17) is 0 Å². The highest BCUT2D eigenvalue weighted by molar-refractivity contribution is 6.48. The maximum atomic E-state index is 12.4. The van der Waals surface area contributed by atoms with Crippen molar-refractivity contribution < 1.29 is 19.2 Å². The van der Waals surface area contributed by atoms with Crippen LogP contribution in [-0.2, 0) is 30.0 Å². The Morgan fingerprint density at radius 1 is 0.528 bits per heavy atom. The second-order valence-corrected chi connectivity index (χ2v) is 10.5. The van der Waals surface area contributed by atoms with Gasteiger partial charge in [-0.1, -0.05) is 85.7 Å². The zero-order valence-electron chi connectivity index (χ0n) is 22.6. The fourth-order valence-corrected chi connectivity index (χ4v) is 5.41. The SMILES string of the molecule is CC1=C(C)C(C)C(C)(c2ccccc2)C(=O)C1=O.CC1=C(C)C(C)C(C)(c2ccccc2)C(=O)C1=O. The lowest BCUT2D eigenvalue weighted by Crippen LogP contribution is -2.47. The van der Waals surface area contributed by atoms with Crippen LogP contribution in [0.5, 0.6) is 0 Å². The Morgan fingerprint density at radius 3 is 1.08 bits per heavy atom. The van der Waals surface area contributed by atoms with E-state index in [0.29, 0.717) is 11.1 Å². The van der Waals surface area contributed by atoms with Gasteiger partial charge in [0.25, 0.3) is 0 Å². The van der Waals surface area contributed by atoms with Crippen LogP contribution in [0.25, 0.3) is 0 Å². The minimum atomic E-state index is -0.734. The Bertz CT molecular complexity index is 1180. The molecular formula is C32H36O4. The van der Waals surface area contributed by atoms with E-state index in [2.05, 4.69) is 0 Å². The van der Waals surface area contributed by atoms with Gasteiger partial charge < -0.3 is 0 Å². The summed E-state index contributed by atoms with van der Waals surface area (Å²) in [6.45, 7) is 15.2. The summed E-state index contributed by atoms with van der Waals surface area (Å²) in [7, 11) is 0. The Hall–Kier alpha value is -3.40. The van der Waals surface area contributed by atoms with Crippen molar-refractivity contribution in [2.45, 2.75) is 66.2 Å². The number of hydrogen-bond donors (Lipinski definition) is 0. The predicted molar refractivity (Wildman–Crippen MR) is 143 cm³/mol. The van der Waals surface area contributed by atoms with Crippen LogP contribution in [0.15, 0.2) is 83.0 Å². The number of ketones is 4. The molecule has 0 radical (unpaired) electrons. The summed E-state index contributed by atoms with van der Waals surface area (Å²) in [5.41, 5.74) is 3.63. The van der Waals surface area contributed by atoms with Crippen molar-refractivity contribution in [1.82, 2.24) is 0 Å². The zero-order valence-corrected chi connectivity index (χ0v) is 22.6. The molecule has 188 valence electrons. The highest BCUT2D eigenvalue weighted by Crippen LogP contribution is 2.43. The first-order valence-corrected chi connectivity index (χ1v) is 12.4. The lowest BCUT2D eigenvalue weighted by atomic mass is 9.62. The number of hydrogen-bond acceptors (Lipinski definition) is 4. The van der Waals surface area contributed by atoms with Gasteiger partial charge in [0.1, 0.15) is 0 Å². The van der Waals surface area contributed by atoms with Gasteiger partial charge in [-0.05, 0) is 75.7 Å². The molecule has 4 nitrogen and oxygen atoms in total. The molecule has 4 heteroatoms. The molecule has 4 rings (SSSR count). The van der Waals surface area contributed by atoms with Crippen molar-refractivity contribution in [3.63, 3.8) is 0 Å². The molecule has 0 aromatic heterocycles. The Kier molecular flexibility index (Phi) is 7.50. The van der Waals surface area contributed by atoms with Crippen LogP contribution >= 0.6 is 0 Å². The van der Waals surface area contributed by atoms with E-state index in [1.807, 2.05) is 102 Å². The molecular weight excluding hydrogens is 448 g/mol. The zero-order chi connectivity index (χ0) is 27.0. The molecule has 4 atom stereocenters. The van der Waals surface area contributed by atoms with E-state index in [-0.39, 0.29) is 35.0 Å². The number of benzene rings is 2. The molecule has 4 unspecified atom stereocenters. The van der Waals surface area contributed by atoms with Gasteiger partial charge in [-0.25, -0.2) is 0 Å². The summed E-state index contributed by atoms with van der Waals surface area (Å²) in [4.78, 5) is 49.0. The summed E-state index contributed by atoms with van der Waals surface area (Å²) in [5.74, 6) is -1.15. The summed E-state index contributed by atoms with van der Waals surface area (Å²) < 4.78 is 0. The molecule has 0 amide bonds. The molecule has 36 heavy (non-hydrogen) atoms. The Morgan fingerprint density at radius 2 is 0.806 bits per heavy atom. The van der Waals surface area contributed by atoms with Gasteiger partial charge >= 0.3 is 0 Å². The smallest absolute Gasteiger partial charge is 0.225 e.